The van der Waals surface area contributed by atoms with Gasteiger partial charge in [0.15, 0.2) is 11.0 Å². The summed E-state index contributed by atoms with van der Waals surface area (Å²) in [5, 5.41) is 14.8. The number of benzene rings is 2. The molecule has 2 amide bonds. The average Bonchev–Trinajstić information content (AvgIpc) is 3.15. The van der Waals surface area contributed by atoms with E-state index in [2.05, 4.69) is 27.4 Å². The van der Waals surface area contributed by atoms with Crippen molar-refractivity contribution in [3.63, 3.8) is 0 Å². The molecule has 3 rings (SSSR count). The van der Waals surface area contributed by atoms with Crippen LogP contribution in [0.5, 0.6) is 0 Å². The molecule has 0 aliphatic rings. The number of carbonyl (C=O) groups is 2. The van der Waals surface area contributed by atoms with E-state index in [0.717, 1.165) is 11.8 Å². The minimum Gasteiger partial charge on any atom is -0.345 e. The topological polar surface area (TPSA) is 88.9 Å². The van der Waals surface area contributed by atoms with Crippen molar-refractivity contribution in [1.82, 2.24) is 20.1 Å². The van der Waals surface area contributed by atoms with E-state index in [-0.39, 0.29) is 23.8 Å². The Bertz CT molecular complexity index is 1150. The molecular formula is C21H18Cl2FN5O2S. The van der Waals surface area contributed by atoms with Gasteiger partial charge >= 0.3 is 0 Å². The van der Waals surface area contributed by atoms with Crippen molar-refractivity contribution < 1.29 is 14.0 Å². The van der Waals surface area contributed by atoms with Crippen LogP contribution >= 0.6 is 35.0 Å². The second kappa shape index (κ2) is 11.1. The molecule has 1 aromatic heterocycles. The molecule has 0 aliphatic heterocycles. The van der Waals surface area contributed by atoms with Crippen LogP contribution in [0.1, 0.15) is 16.2 Å². The molecule has 11 heteroatoms. The zero-order chi connectivity index (χ0) is 23.1. The van der Waals surface area contributed by atoms with Gasteiger partial charge in [-0.2, -0.15) is 0 Å². The van der Waals surface area contributed by atoms with Gasteiger partial charge in [0, 0.05) is 11.6 Å². The van der Waals surface area contributed by atoms with E-state index in [9.17, 15) is 14.0 Å². The Kier molecular flexibility index (Phi) is 8.26. The molecule has 0 atom stereocenters. The molecule has 1 heterocycles. The molecule has 0 aliphatic carbocycles. The van der Waals surface area contributed by atoms with Crippen molar-refractivity contribution in [1.29, 1.82) is 0 Å². The van der Waals surface area contributed by atoms with E-state index < -0.39 is 11.7 Å². The number of nitrogens with zero attached hydrogens (tertiary/aromatic N) is 3. The Balaban J connectivity index is 1.63. The fourth-order valence-electron chi connectivity index (χ4n) is 2.68. The summed E-state index contributed by atoms with van der Waals surface area (Å²) in [7, 11) is 0. The molecule has 166 valence electrons. The highest BCUT2D eigenvalue weighted by Gasteiger charge is 2.16. The Morgan fingerprint density at radius 1 is 1.19 bits per heavy atom. The van der Waals surface area contributed by atoms with Gasteiger partial charge in [-0.1, -0.05) is 53.2 Å². The van der Waals surface area contributed by atoms with E-state index in [1.165, 1.54) is 18.2 Å². The van der Waals surface area contributed by atoms with E-state index in [1.54, 1.807) is 34.9 Å². The molecule has 32 heavy (non-hydrogen) atoms. The zero-order valence-corrected chi connectivity index (χ0v) is 19.0. The minimum atomic E-state index is -0.611. The fraction of sp³-hybridized carbons (Fsp3) is 0.143. The van der Waals surface area contributed by atoms with Gasteiger partial charge < -0.3 is 15.2 Å². The lowest BCUT2D eigenvalue weighted by Crippen LogP contribution is -2.25. The van der Waals surface area contributed by atoms with E-state index in [0.29, 0.717) is 33.3 Å². The van der Waals surface area contributed by atoms with Crippen LogP contribution in [0.3, 0.4) is 0 Å². The van der Waals surface area contributed by atoms with Gasteiger partial charge in [-0.05, 0) is 30.3 Å². The summed E-state index contributed by atoms with van der Waals surface area (Å²) >= 11 is 13.2. The Morgan fingerprint density at radius 3 is 2.72 bits per heavy atom. The standard InChI is InChI=1S/C21H18Cl2FN5O2S/c1-2-9-29-18(11-25-20(31)14-5-3-4-6-16(14)24)27-28-21(29)32-12-19(30)26-17-10-13(22)7-8-15(17)23/h2-8,10H,1,9,11-12H2,(H,25,31)(H,26,30). The monoisotopic (exact) mass is 493 g/mol. The van der Waals surface area contributed by atoms with Crippen molar-refractivity contribution in [2.75, 3.05) is 11.1 Å². The first kappa shape index (κ1) is 23.8. The number of hydrogen-bond acceptors (Lipinski definition) is 5. The molecule has 0 saturated heterocycles. The third-order valence-electron chi connectivity index (χ3n) is 4.17. The van der Waals surface area contributed by atoms with Gasteiger partial charge in [0.1, 0.15) is 5.82 Å². The smallest absolute Gasteiger partial charge is 0.254 e. The van der Waals surface area contributed by atoms with Gasteiger partial charge in [-0.25, -0.2) is 4.39 Å². The quantitative estimate of drug-likeness (QED) is 0.336. The van der Waals surface area contributed by atoms with Crippen molar-refractivity contribution in [2.45, 2.75) is 18.2 Å². The number of hydrogen-bond donors (Lipinski definition) is 2. The number of thioether (sulfide) groups is 1. The molecule has 0 radical (unpaired) electrons. The van der Waals surface area contributed by atoms with E-state index in [4.69, 9.17) is 23.2 Å². The van der Waals surface area contributed by atoms with Crippen LogP contribution in [-0.4, -0.2) is 32.3 Å². The Hall–Kier alpha value is -2.88. The second-order valence-corrected chi connectivity index (χ2v) is 8.21. The molecule has 0 saturated carbocycles. The molecule has 0 spiro atoms. The van der Waals surface area contributed by atoms with Crippen LogP contribution in [-0.2, 0) is 17.9 Å². The van der Waals surface area contributed by atoms with Gasteiger partial charge in [0.25, 0.3) is 5.91 Å². The summed E-state index contributed by atoms with van der Waals surface area (Å²) < 4.78 is 15.5. The van der Waals surface area contributed by atoms with Gasteiger partial charge in [-0.15, -0.1) is 16.8 Å². The number of carbonyl (C=O) groups excluding carboxylic acids is 2. The third-order valence-corrected chi connectivity index (χ3v) is 5.70. The molecular weight excluding hydrogens is 476 g/mol. The lowest BCUT2D eigenvalue weighted by Gasteiger charge is -2.10. The number of halogens is 3. The number of allylic oxidation sites excluding steroid dienone is 1. The highest BCUT2D eigenvalue weighted by molar-refractivity contribution is 7.99. The zero-order valence-electron chi connectivity index (χ0n) is 16.6. The highest BCUT2D eigenvalue weighted by atomic mass is 35.5. The average molecular weight is 494 g/mol. The lowest BCUT2D eigenvalue weighted by atomic mass is 10.2. The molecule has 0 unspecified atom stereocenters. The van der Waals surface area contributed by atoms with E-state index >= 15 is 0 Å². The van der Waals surface area contributed by atoms with Crippen LogP contribution in [0.4, 0.5) is 10.1 Å². The Labute approximate surface area is 198 Å². The Morgan fingerprint density at radius 2 is 1.97 bits per heavy atom. The van der Waals surface area contributed by atoms with Crippen molar-refractivity contribution >= 4 is 52.5 Å². The highest BCUT2D eigenvalue weighted by Crippen LogP contribution is 2.26. The van der Waals surface area contributed by atoms with Crippen LogP contribution in [0.15, 0.2) is 60.3 Å². The molecule has 2 N–H and O–H groups in total. The largest absolute Gasteiger partial charge is 0.345 e. The number of rotatable bonds is 9. The summed E-state index contributed by atoms with van der Waals surface area (Å²) in [6, 6.07) is 10.5. The number of nitrogens with one attached hydrogen (secondary N) is 2. The predicted octanol–water partition coefficient (Wildman–Crippen LogP) is 4.57. The molecule has 0 bridgehead atoms. The molecule has 0 fully saturated rings. The first-order chi connectivity index (χ1) is 15.4. The maximum absolute atomic E-state index is 13.8. The fourth-order valence-corrected chi connectivity index (χ4v) is 3.78. The first-order valence-electron chi connectivity index (χ1n) is 9.32. The van der Waals surface area contributed by atoms with Crippen LogP contribution < -0.4 is 10.6 Å². The minimum absolute atomic E-state index is 0.0267. The maximum Gasteiger partial charge on any atom is 0.254 e. The summed E-state index contributed by atoms with van der Waals surface area (Å²) in [4.78, 5) is 24.6. The lowest BCUT2D eigenvalue weighted by molar-refractivity contribution is -0.113. The van der Waals surface area contributed by atoms with Crippen LogP contribution in [0, 0.1) is 5.82 Å². The summed E-state index contributed by atoms with van der Waals surface area (Å²) in [6.45, 7) is 4.10. The van der Waals surface area contributed by atoms with Gasteiger partial charge in [0.05, 0.1) is 28.6 Å². The van der Waals surface area contributed by atoms with Gasteiger partial charge in [0.2, 0.25) is 5.91 Å². The number of aromatic nitrogens is 3. The molecule has 3 aromatic rings. The molecule has 2 aromatic carbocycles. The van der Waals surface area contributed by atoms with Gasteiger partial charge in [-0.3, -0.25) is 9.59 Å². The third kappa shape index (κ3) is 6.09. The summed E-state index contributed by atoms with van der Waals surface area (Å²) in [5.41, 5.74) is 0.349. The second-order valence-electron chi connectivity index (χ2n) is 6.42. The SMILES string of the molecule is C=CCn1c(CNC(=O)c2ccccc2F)nnc1SCC(=O)Nc1cc(Cl)ccc1Cl. The number of anilines is 1. The van der Waals surface area contributed by atoms with Crippen molar-refractivity contribution in [3.05, 3.63) is 82.4 Å². The van der Waals surface area contributed by atoms with Crippen molar-refractivity contribution in [2.24, 2.45) is 0 Å². The van der Waals surface area contributed by atoms with Crippen LogP contribution in [0.25, 0.3) is 0 Å². The summed E-state index contributed by atoms with van der Waals surface area (Å²) in [6.07, 6.45) is 1.64. The maximum atomic E-state index is 13.8. The van der Waals surface area contributed by atoms with E-state index in [1.807, 2.05) is 0 Å². The van der Waals surface area contributed by atoms with Crippen molar-refractivity contribution in [3.8, 4) is 0 Å². The number of amides is 2. The normalized spacial score (nSPS) is 10.6. The first-order valence-corrected chi connectivity index (χ1v) is 11.1. The molecule has 7 nitrogen and oxygen atoms in total. The predicted molar refractivity (Wildman–Crippen MR) is 124 cm³/mol. The summed E-state index contributed by atoms with van der Waals surface area (Å²) in [5.74, 6) is -1.00. The van der Waals surface area contributed by atoms with Crippen LogP contribution in [0.2, 0.25) is 10.0 Å².